The zero-order chi connectivity index (χ0) is 36.0. The lowest BCUT2D eigenvalue weighted by Gasteiger charge is -2.28. The van der Waals surface area contributed by atoms with Crippen molar-refractivity contribution in [3.8, 4) is 0 Å². The van der Waals surface area contributed by atoms with Crippen LogP contribution in [0.5, 0.6) is 0 Å². The number of hydrogen-bond acceptors (Lipinski definition) is 9. The quantitative estimate of drug-likeness (QED) is 0.224. The number of morpholine rings is 1. The smallest absolute Gasteiger partial charge is 0.247 e. The number of benzene rings is 3. The van der Waals surface area contributed by atoms with E-state index in [1.54, 1.807) is 16.0 Å². The number of rotatable bonds is 10. The molecule has 3 saturated heterocycles. The molecule has 3 aromatic carbocycles. The molecule has 3 aliphatic heterocycles. The summed E-state index contributed by atoms with van der Waals surface area (Å²) in [7, 11) is 3.96. The SMILES string of the molecule is CN(C)c1ccc(CC(=O)N2CCC[C@H]2C(=O)Nc2ccc(C3SC(=Nc4ccc(N5CCOCC5)cc4)N(Cc4ccccn4)C3=O)cc2)cc1. The van der Waals surface area contributed by atoms with E-state index in [0.717, 1.165) is 53.4 Å². The number of anilines is 3. The van der Waals surface area contributed by atoms with Crippen LogP contribution in [0.2, 0.25) is 0 Å². The summed E-state index contributed by atoms with van der Waals surface area (Å²) in [4.78, 5) is 57.7. The van der Waals surface area contributed by atoms with Gasteiger partial charge < -0.3 is 24.8 Å². The van der Waals surface area contributed by atoms with Gasteiger partial charge in [-0.3, -0.25) is 24.3 Å². The molecular formula is C40H43N7O4S. The molecule has 2 atom stereocenters. The van der Waals surface area contributed by atoms with Crippen LogP contribution in [0, 0.1) is 0 Å². The third-order valence-corrected chi connectivity index (χ3v) is 10.8. The van der Waals surface area contributed by atoms with E-state index in [4.69, 9.17) is 9.73 Å². The maximum Gasteiger partial charge on any atom is 0.247 e. The first-order valence-corrected chi connectivity index (χ1v) is 18.6. The van der Waals surface area contributed by atoms with Gasteiger partial charge in [-0.1, -0.05) is 42.1 Å². The Morgan fingerprint density at radius 3 is 2.38 bits per heavy atom. The van der Waals surface area contributed by atoms with E-state index < -0.39 is 11.3 Å². The van der Waals surface area contributed by atoms with E-state index in [-0.39, 0.29) is 24.1 Å². The number of carbonyl (C=O) groups excluding carboxylic acids is 3. The fraction of sp³-hybridized carbons (Fsp3) is 0.325. The van der Waals surface area contributed by atoms with Crippen molar-refractivity contribution >= 4 is 57.4 Å². The number of aromatic nitrogens is 1. The zero-order valence-electron chi connectivity index (χ0n) is 29.5. The Bertz CT molecular complexity index is 1900. The molecule has 268 valence electrons. The standard InChI is InChI=1S/C40H43N7O4S/c1-44(2)33-16-8-28(9-17-33)26-36(48)46-21-5-7-35(46)38(49)42-30-12-10-29(11-13-30)37-39(50)47(27-32-6-3-4-20-41-32)40(52-37)43-31-14-18-34(19-15-31)45-22-24-51-25-23-45/h3-4,6,8-20,35,37H,5,7,21-27H2,1-2H3,(H,42,49)/t35-,37?/m0/s1. The summed E-state index contributed by atoms with van der Waals surface area (Å²) < 4.78 is 5.49. The third-order valence-electron chi connectivity index (χ3n) is 9.61. The summed E-state index contributed by atoms with van der Waals surface area (Å²) in [6.07, 6.45) is 3.37. The molecule has 0 spiro atoms. The van der Waals surface area contributed by atoms with Crippen molar-refractivity contribution < 1.29 is 19.1 Å². The van der Waals surface area contributed by atoms with Crippen molar-refractivity contribution in [3.63, 3.8) is 0 Å². The first kappa shape index (κ1) is 35.2. The van der Waals surface area contributed by atoms with Gasteiger partial charge in [-0.2, -0.15) is 0 Å². The number of amides is 3. The Morgan fingerprint density at radius 1 is 0.942 bits per heavy atom. The van der Waals surface area contributed by atoms with E-state index in [0.29, 0.717) is 43.6 Å². The second kappa shape index (κ2) is 16.0. The number of nitrogens with one attached hydrogen (secondary N) is 1. The molecule has 52 heavy (non-hydrogen) atoms. The summed E-state index contributed by atoms with van der Waals surface area (Å²) in [5.41, 5.74) is 6.07. The molecule has 0 aliphatic carbocycles. The third kappa shape index (κ3) is 8.13. The van der Waals surface area contributed by atoms with Crippen LogP contribution in [0.15, 0.2) is 102 Å². The Kier molecular flexibility index (Phi) is 10.8. The van der Waals surface area contributed by atoms with Crippen LogP contribution in [-0.4, -0.2) is 90.7 Å². The van der Waals surface area contributed by atoms with Crippen molar-refractivity contribution in [2.24, 2.45) is 4.99 Å². The van der Waals surface area contributed by atoms with Crippen molar-refractivity contribution in [2.45, 2.75) is 37.1 Å². The monoisotopic (exact) mass is 717 g/mol. The Balaban J connectivity index is 1.02. The second-order valence-corrected chi connectivity index (χ2v) is 14.4. The molecular weight excluding hydrogens is 675 g/mol. The van der Waals surface area contributed by atoms with E-state index >= 15 is 0 Å². The minimum absolute atomic E-state index is 0.0526. The lowest BCUT2D eigenvalue weighted by molar-refractivity contribution is -0.136. The molecule has 0 bridgehead atoms. The molecule has 1 aromatic heterocycles. The Labute approximate surface area is 308 Å². The van der Waals surface area contributed by atoms with E-state index in [9.17, 15) is 14.4 Å². The number of thioether (sulfide) groups is 1. The van der Waals surface area contributed by atoms with Crippen LogP contribution in [-0.2, 0) is 32.1 Å². The van der Waals surface area contributed by atoms with Gasteiger partial charge in [-0.15, -0.1) is 0 Å². The van der Waals surface area contributed by atoms with Gasteiger partial charge in [0.25, 0.3) is 0 Å². The average molecular weight is 718 g/mol. The molecule has 12 heteroatoms. The normalized spacial score (nSPS) is 19.7. The molecule has 3 aliphatic rings. The fourth-order valence-corrected chi connectivity index (χ4v) is 7.89. The van der Waals surface area contributed by atoms with Crippen molar-refractivity contribution in [3.05, 3.63) is 114 Å². The maximum atomic E-state index is 14.0. The molecule has 0 saturated carbocycles. The summed E-state index contributed by atoms with van der Waals surface area (Å²) in [5, 5.41) is 3.11. The molecule has 1 N–H and O–H groups in total. The highest BCUT2D eigenvalue weighted by Crippen LogP contribution is 2.41. The van der Waals surface area contributed by atoms with Gasteiger partial charge in [-0.05, 0) is 84.6 Å². The van der Waals surface area contributed by atoms with Gasteiger partial charge in [0, 0.05) is 57.0 Å². The highest BCUT2D eigenvalue weighted by atomic mass is 32.2. The van der Waals surface area contributed by atoms with E-state index in [1.165, 1.54) is 11.8 Å². The van der Waals surface area contributed by atoms with Crippen LogP contribution in [0.4, 0.5) is 22.7 Å². The molecule has 4 heterocycles. The van der Waals surface area contributed by atoms with Crippen molar-refractivity contribution in [1.29, 1.82) is 0 Å². The largest absolute Gasteiger partial charge is 0.378 e. The number of carbonyl (C=O) groups is 3. The molecule has 3 fully saturated rings. The van der Waals surface area contributed by atoms with Gasteiger partial charge in [0.15, 0.2) is 5.17 Å². The van der Waals surface area contributed by atoms with Crippen LogP contribution in [0.1, 0.15) is 34.9 Å². The fourth-order valence-electron chi connectivity index (χ4n) is 6.71. The maximum absolute atomic E-state index is 14.0. The van der Waals surface area contributed by atoms with E-state index in [2.05, 4.69) is 27.3 Å². The summed E-state index contributed by atoms with van der Waals surface area (Å²) in [6, 6.07) is 28.5. The van der Waals surface area contributed by atoms with Gasteiger partial charge in [0.05, 0.1) is 37.6 Å². The number of likely N-dealkylation sites (tertiary alicyclic amines) is 1. The van der Waals surface area contributed by atoms with Crippen LogP contribution in [0.3, 0.4) is 0 Å². The number of amidine groups is 1. The number of ether oxygens (including phenoxy) is 1. The first-order valence-electron chi connectivity index (χ1n) is 17.7. The van der Waals surface area contributed by atoms with Crippen molar-refractivity contribution in [2.75, 3.05) is 62.1 Å². The molecule has 4 aromatic rings. The number of nitrogens with zero attached hydrogens (tertiary/aromatic N) is 6. The molecule has 1 unspecified atom stereocenters. The lowest BCUT2D eigenvalue weighted by Crippen LogP contribution is -2.43. The predicted molar refractivity (Wildman–Crippen MR) is 206 cm³/mol. The van der Waals surface area contributed by atoms with Gasteiger partial charge in [0.1, 0.15) is 11.3 Å². The average Bonchev–Trinajstić information content (AvgIpc) is 3.79. The topological polar surface area (TPSA) is 111 Å². The number of pyridine rings is 1. The van der Waals surface area contributed by atoms with Crippen LogP contribution < -0.4 is 15.1 Å². The lowest BCUT2D eigenvalue weighted by atomic mass is 10.1. The Morgan fingerprint density at radius 2 is 1.69 bits per heavy atom. The van der Waals surface area contributed by atoms with Crippen molar-refractivity contribution in [1.82, 2.24) is 14.8 Å². The van der Waals surface area contributed by atoms with Crippen LogP contribution in [0.25, 0.3) is 0 Å². The molecule has 7 rings (SSSR count). The minimum atomic E-state index is -0.526. The zero-order valence-corrected chi connectivity index (χ0v) is 30.3. The van der Waals surface area contributed by atoms with Gasteiger partial charge in [0.2, 0.25) is 17.7 Å². The predicted octanol–water partition coefficient (Wildman–Crippen LogP) is 5.66. The Hall–Kier alpha value is -5.20. The highest BCUT2D eigenvalue weighted by Gasteiger charge is 2.39. The molecule has 11 nitrogen and oxygen atoms in total. The number of aliphatic imine (C=N–C) groups is 1. The highest BCUT2D eigenvalue weighted by molar-refractivity contribution is 8.15. The van der Waals surface area contributed by atoms with Crippen LogP contribution >= 0.6 is 11.8 Å². The summed E-state index contributed by atoms with van der Waals surface area (Å²) in [6.45, 7) is 4.00. The van der Waals surface area contributed by atoms with E-state index in [1.807, 2.05) is 97.9 Å². The minimum Gasteiger partial charge on any atom is -0.378 e. The molecule has 3 amide bonds. The summed E-state index contributed by atoms with van der Waals surface area (Å²) >= 11 is 1.41. The number of hydrogen-bond donors (Lipinski definition) is 1. The van der Waals surface area contributed by atoms with Gasteiger partial charge in [-0.25, -0.2) is 4.99 Å². The second-order valence-electron chi connectivity index (χ2n) is 13.3. The molecule has 0 radical (unpaired) electrons. The first-order chi connectivity index (χ1) is 25.3. The summed E-state index contributed by atoms with van der Waals surface area (Å²) in [5.74, 6) is -0.334. The van der Waals surface area contributed by atoms with Gasteiger partial charge >= 0.3 is 0 Å².